The number of aryl methyl sites for hydroxylation is 1. The lowest BCUT2D eigenvalue weighted by Crippen LogP contribution is -2.43. The second-order valence-corrected chi connectivity index (χ2v) is 8.16. The molecule has 0 saturated carbocycles. The second kappa shape index (κ2) is 7.99. The minimum atomic E-state index is -4.86. The zero-order chi connectivity index (χ0) is 24.0. The van der Waals surface area contributed by atoms with Gasteiger partial charge in [-0.3, -0.25) is 4.79 Å². The van der Waals surface area contributed by atoms with Crippen LogP contribution in [0.15, 0.2) is 65.1 Å². The number of rotatable bonds is 5. The lowest BCUT2D eigenvalue weighted by molar-refractivity contribution is -0.152. The van der Waals surface area contributed by atoms with E-state index in [1.54, 1.807) is 36.4 Å². The first-order valence-electron chi connectivity index (χ1n) is 10.1. The van der Waals surface area contributed by atoms with Gasteiger partial charge >= 0.3 is 12.2 Å². The highest BCUT2D eigenvalue weighted by Crippen LogP contribution is 2.43. The molecule has 1 aliphatic heterocycles. The van der Waals surface area contributed by atoms with Gasteiger partial charge in [0.05, 0.1) is 6.54 Å². The van der Waals surface area contributed by atoms with E-state index in [1.165, 1.54) is 25.7 Å². The average molecular weight is 458 g/mol. The van der Waals surface area contributed by atoms with Gasteiger partial charge < -0.3 is 14.1 Å². The first-order chi connectivity index (χ1) is 15.5. The van der Waals surface area contributed by atoms with Crippen LogP contribution in [-0.4, -0.2) is 22.4 Å². The van der Waals surface area contributed by atoms with Crippen molar-refractivity contribution in [2.24, 2.45) is 0 Å². The monoisotopic (exact) mass is 458 g/mol. The molecule has 3 amide bonds. The van der Waals surface area contributed by atoms with Crippen molar-refractivity contribution in [1.29, 1.82) is 0 Å². The van der Waals surface area contributed by atoms with E-state index in [-0.39, 0.29) is 12.3 Å². The van der Waals surface area contributed by atoms with Crippen LogP contribution in [0.5, 0.6) is 11.5 Å². The van der Waals surface area contributed by atoms with E-state index in [2.05, 4.69) is 0 Å². The van der Waals surface area contributed by atoms with Gasteiger partial charge in [-0.15, -0.1) is 0 Å². The molecule has 0 spiro atoms. The Labute approximate surface area is 188 Å². The van der Waals surface area contributed by atoms with Crippen molar-refractivity contribution < 1.29 is 31.9 Å². The molecular formula is C24H21F3N2O4. The van der Waals surface area contributed by atoms with Crippen molar-refractivity contribution in [3.63, 3.8) is 0 Å². The lowest BCUT2D eigenvalue weighted by Gasteiger charge is -2.28. The topological polar surface area (TPSA) is 63.0 Å². The molecule has 33 heavy (non-hydrogen) atoms. The number of furan rings is 1. The number of nitrogens with zero attached hydrogens (tertiary/aromatic N) is 2. The highest BCUT2D eigenvalue weighted by Gasteiger charge is 2.54. The summed E-state index contributed by atoms with van der Waals surface area (Å²) in [5.41, 5.74) is -1.42. The van der Waals surface area contributed by atoms with Gasteiger partial charge in [-0.2, -0.15) is 13.2 Å². The van der Waals surface area contributed by atoms with Crippen LogP contribution >= 0.6 is 0 Å². The predicted molar refractivity (Wildman–Crippen MR) is 114 cm³/mol. The summed E-state index contributed by atoms with van der Waals surface area (Å²) >= 11 is 0. The van der Waals surface area contributed by atoms with Gasteiger partial charge in [-0.25, -0.2) is 9.69 Å². The molecule has 1 saturated heterocycles. The SMILES string of the molecule is Cc1cc(N2C(=O)N(Cc3ccccc3Oc3ccccc3)C(C)(C)C2=O)c(C(F)(F)F)o1. The van der Waals surface area contributed by atoms with Gasteiger partial charge in [-0.05, 0) is 39.0 Å². The third kappa shape index (κ3) is 4.06. The van der Waals surface area contributed by atoms with Gasteiger partial charge in [0.1, 0.15) is 28.5 Å². The first kappa shape index (κ1) is 22.4. The fourth-order valence-corrected chi connectivity index (χ4v) is 3.70. The lowest BCUT2D eigenvalue weighted by atomic mass is 10.0. The number of halogens is 3. The number of anilines is 1. The largest absolute Gasteiger partial charge is 0.457 e. The maximum absolute atomic E-state index is 13.5. The number of alkyl halides is 3. The van der Waals surface area contributed by atoms with Crippen LogP contribution < -0.4 is 9.64 Å². The Kier molecular flexibility index (Phi) is 5.43. The van der Waals surface area contributed by atoms with Gasteiger partial charge in [0.25, 0.3) is 5.91 Å². The predicted octanol–water partition coefficient (Wildman–Crippen LogP) is 6.15. The molecule has 2 aromatic carbocycles. The van der Waals surface area contributed by atoms with Gasteiger partial charge in [-0.1, -0.05) is 36.4 Å². The number of carbonyl (C=O) groups is 2. The molecule has 0 radical (unpaired) electrons. The molecule has 9 heteroatoms. The Morgan fingerprint density at radius 3 is 2.30 bits per heavy atom. The summed E-state index contributed by atoms with van der Waals surface area (Å²) in [4.78, 5) is 28.2. The van der Waals surface area contributed by atoms with Crippen molar-refractivity contribution in [1.82, 2.24) is 4.90 Å². The van der Waals surface area contributed by atoms with Crippen molar-refractivity contribution in [3.05, 3.63) is 77.7 Å². The smallest absolute Gasteiger partial charge is 0.451 e. The normalized spacial score (nSPS) is 15.9. The van der Waals surface area contributed by atoms with Crippen LogP contribution in [-0.2, 0) is 17.5 Å². The van der Waals surface area contributed by atoms with Crippen LogP contribution in [0.25, 0.3) is 0 Å². The standard InChI is InChI=1S/C24H21F3N2O4/c1-15-13-18(20(32-15)24(25,26)27)29-21(30)23(2,3)28(22(29)31)14-16-9-7-8-12-19(16)33-17-10-5-4-6-11-17/h4-13H,14H2,1-3H3. The molecule has 3 aromatic rings. The van der Waals surface area contributed by atoms with Crippen molar-refractivity contribution >= 4 is 17.6 Å². The molecule has 1 aliphatic rings. The highest BCUT2D eigenvalue weighted by atomic mass is 19.4. The molecule has 2 heterocycles. The van der Waals surface area contributed by atoms with E-state index >= 15 is 0 Å². The number of ether oxygens (including phenoxy) is 1. The zero-order valence-corrected chi connectivity index (χ0v) is 18.1. The summed E-state index contributed by atoms with van der Waals surface area (Å²) < 4.78 is 51.2. The molecule has 0 aliphatic carbocycles. The number of carbonyl (C=O) groups excluding carboxylic acids is 2. The maximum atomic E-state index is 13.5. The van der Waals surface area contributed by atoms with E-state index in [0.29, 0.717) is 22.0 Å². The number of hydrogen-bond acceptors (Lipinski definition) is 4. The second-order valence-electron chi connectivity index (χ2n) is 8.16. The molecule has 0 atom stereocenters. The van der Waals surface area contributed by atoms with Gasteiger partial charge in [0.2, 0.25) is 5.76 Å². The van der Waals surface area contributed by atoms with Crippen LogP contribution in [0.3, 0.4) is 0 Å². The van der Waals surface area contributed by atoms with Crippen molar-refractivity contribution in [2.45, 2.75) is 39.0 Å². The van der Waals surface area contributed by atoms with E-state index in [4.69, 9.17) is 9.15 Å². The number of benzene rings is 2. The Morgan fingerprint density at radius 2 is 1.64 bits per heavy atom. The van der Waals surface area contributed by atoms with Crippen LogP contribution in [0, 0.1) is 6.92 Å². The molecule has 0 unspecified atom stereocenters. The van der Waals surface area contributed by atoms with E-state index in [9.17, 15) is 22.8 Å². The molecular weight excluding hydrogens is 437 g/mol. The molecule has 1 fully saturated rings. The fraction of sp³-hybridized carbons (Fsp3) is 0.250. The summed E-state index contributed by atoms with van der Waals surface area (Å²) in [5, 5.41) is 0. The molecule has 0 bridgehead atoms. The number of amides is 3. The Balaban J connectivity index is 1.69. The fourth-order valence-electron chi connectivity index (χ4n) is 3.70. The summed E-state index contributed by atoms with van der Waals surface area (Å²) in [7, 11) is 0. The first-order valence-corrected chi connectivity index (χ1v) is 10.1. The summed E-state index contributed by atoms with van der Waals surface area (Å²) in [6, 6.07) is 16.2. The summed E-state index contributed by atoms with van der Waals surface area (Å²) in [6.45, 7) is 4.27. The van der Waals surface area contributed by atoms with Crippen molar-refractivity contribution in [2.75, 3.05) is 4.90 Å². The van der Waals surface area contributed by atoms with E-state index in [1.807, 2.05) is 18.2 Å². The summed E-state index contributed by atoms with van der Waals surface area (Å²) in [6.07, 6.45) is -4.86. The quantitative estimate of drug-likeness (QED) is 0.431. The number of imide groups is 1. The number of urea groups is 1. The molecule has 4 rings (SSSR count). The molecule has 0 N–H and O–H groups in total. The molecule has 172 valence electrons. The van der Waals surface area contributed by atoms with Crippen molar-refractivity contribution in [3.8, 4) is 11.5 Å². The Bertz CT molecular complexity index is 1200. The van der Waals surface area contributed by atoms with Crippen LogP contribution in [0.2, 0.25) is 0 Å². The van der Waals surface area contributed by atoms with E-state index < -0.39 is 35.1 Å². The number of hydrogen-bond donors (Lipinski definition) is 0. The van der Waals surface area contributed by atoms with Crippen LogP contribution in [0.4, 0.5) is 23.7 Å². The maximum Gasteiger partial charge on any atom is 0.451 e. The zero-order valence-electron chi connectivity index (χ0n) is 18.1. The Morgan fingerprint density at radius 1 is 1.00 bits per heavy atom. The van der Waals surface area contributed by atoms with Gasteiger partial charge in [0.15, 0.2) is 0 Å². The molecule has 1 aromatic heterocycles. The average Bonchev–Trinajstić information content (AvgIpc) is 3.21. The molecule has 6 nitrogen and oxygen atoms in total. The van der Waals surface area contributed by atoms with Gasteiger partial charge in [0, 0.05) is 11.6 Å². The Hall–Kier alpha value is -3.75. The third-order valence-corrected chi connectivity index (χ3v) is 5.43. The van der Waals surface area contributed by atoms with Crippen LogP contribution in [0.1, 0.15) is 30.9 Å². The van der Waals surface area contributed by atoms with E-state index in [0.717, 1.165) is 6.07 Å². The number of para-hydroxylation sites is 2. The minimum Gasteiger partial charge on any atom is -0.457 e. The summed E-state index contributed by atoms with van der Waals surface area (Å²) in [5.74, 6) is -1.17. The highest BCUT2D eigenvalue weighted by molar-refractivity contribution is 6.23. The minimum absolute atomic E-state index is 0.0464. The third-order valence-electron chi connectivity index (χ3n) is 5.43.